The molecule has 0 aliphatic heterocycles. The summed E-state index contributed by atoms with van der Waals surface area (Å²) < 4.78 is 0. The van der Waals surface area contributed by atoms with Gasteiger partial charge >= 0.3 is 0 Å². The third-order valence-corrected chi connectivity index (χ3v) is 3.98. The topological polar surface area (TPSA) is 71.7 Å². The highest BCUT2D eigenvalue weighted by Gasteiger charge is 2.02. The zero-order chi connectivity index (χ0) is 19.1. The van der Waals surface area contributed by atoms with Crippen molar-refractivity contribution in [1.29, 1.82) is 0 Å². The minimum Gasteiger partial charge on any atom is -0.507 e. The summed E-state index contributed by atoms with van der Waals surface area (Å²) in [6, 6.07) is 9.56. The van der Waals surface area contributed by atoms with Crippen molar-refractivity contribution in [3.8, 4) is 11.5 Å². The van der Waals surface area contributed by atoms with E-state index in [2.05, 4.69) is 10.2 Å². The average Bonchev–Trinajstić information content (AvgIpc) is 2.61. The molecule has 0 unspecified atom stereocenters. The minimum absolute atomic E-state index is 0.120. The Labute approximate surface area is 162 Å². The summed E-state index contributed by atoms with van der Waals surface area (Å²) in [7, 11) is 3.64. The van der Waals surface area contributed by atoms with Crippen LogP contribution in [0.25, 0.3) is 0 Å². The first-order valence-electron chi connectivity index (χ1n) is 7.82. The van der Waals surface area contributed by atoms with Gasteiger partial charge in [-0.2, -0.15) is 10.2 Å². The van der Waals surface area contributed by atoms with Gasteiger partial charge in [0.2, 0.25) is 0 Å². The largest absolute Gasteiger partial charge is 0.507 e. The summed E-state index contributed by atoms with van der Waals surface area (Å²) in [4.78, 5) is 0. The molecule has 0 fully saturated rings. The first-order chi connectivity index (χ1) is 12.3. The molecule has 0 spiro atoms. The second-order valence-electron chi connectivity index (χ2n) is 5.66. The molecule has 2 aromatic carbocycles. The molecule has 6 nitrogen and oxygen atoms in total. The summed E-state index contributed by atoms with van der Waals surface area (Å²) in [5.41, 5.74) is 1.10. The quantitative estimate of drug-likeness (QED) is 0.555. The van der Waals surface area contributed by atoms with Gasteiger partial charge in [0.25, 0.3) is 0 Å². The van der Waals surface area contributed by atoms with Crippen LogP contribution < -0.4 is 0 Å². The molecule has 26 heavy (non-hydrogen) atoms. The van der Waals surface area contributed by atoms with Gasteiger partial charge in [-0.05, 0) is 36.4 Å². The lowest BCUT2D eigenvalue weighted by Gasteiger charge is -2.17. The van der Waals surface area contributed by atoms with Crippen LogP contribution in [0.4, 0.5) is 0 Å². The molecular formula is C18H20Cl2N4O2. The fraction of sp³-hybridized carbons (Fsp3) is 0.222. The molecule has 0 saturated carbocycles. The molecule has 2 aromatic rings. The number of benzene rings is 2. The lowest BCUT2D eigenvalue weighted by molar-refractivity contribution is 0.272. The standard InChI is InChI=1S/C18H20Cl2N4O2/c1-23(21-11-13-9-15(19)3-5-17(13)25)7-8-24(2)22-12-14-10-16(20)4-6-18(14)26/h3-6,9-12,25-26H,7-8H2,1-2H3/b21-11-,22-12-. The van der Waals surface area contributed by atoms with Crippen molar-refractivity contribution in [2.24, 2.45) is 10.2 Å². The molecule has 2 N–H and O–H groups in total. The van der Waals surface area contributed by atoms with E-state index in [0.29, 0.717) is 34.3 Å². The average molecular weight is 395 g/mol. The normalized spacial score (nSPS) is 11.4. The van der Waals surface area contributed by atoms with Crippen LogP contribution in [0.3, 0.4) is 0 Å². The number of halogens is 2. The van der Waals surface area contributed by atoms with Crippen molar-refractivity contribution in [3.05, 3.63) is 57.6 Å². The van der Waals surface area contributed by atoms with Gasteiger partial charge in [-0.25, -0.2) is 0 Å². The zero-order valence-electron chi connectivity index (χ0n) is 14.5. The molecule has 0 bridgehead atoms. The number of phenols is 2. The summed E-state index contributed by atoms with van der Waals surface area (Å²) in [6.45, 7) is 1.21. The fourth-order valence-electron chi connectivity index (χ4n) is 1.98. The lowest BCUT2D eigenvalue weighted by atomic mass is 10.2. The van der Waals surface area contributed by atoms with Crippen LogP contribution in [0, 0.1) is 0 Å². The molecular weight excluding hydrogens is 375 g/mol. The van der Waals surface area contributed by atoms with E-state index in [1.165, 1.54) is 12.1 Å². The maximum Gasteiger partial charge on any atom is 0.124 e. The highest BCUT2D eigenvalue weighted by atomic mass is 35.5. The van der Waals surface area contributed by atoms with Crippen molar-refractivity contribution in [2.75, 3.05) is 27.2 Å². The van der Waals surface area contributed by atoms with Gasteiger partial charge in [-0.3, -0.25) is 10.0 Å². The van der Waals surface area contributed by atoms with Gasteiger partial charge in [0.05, 0.1) is 25.5 Å². The smallest absolute Gasteiger partial charge is 0.124 e. The van der Waals surface area contributed by atoms with Crippen LogP contribution in [-0.4, -0.2) is 59.8 Å². The van der Waals surface area contributed by atoms with E-state index in [9.17, 15) is 10.2 Å². The van der Waals surface area contributed by atoms with Gasteiger partial charge < -0.3 is 10.2 Å². The van der Waals surface area contributed by atoms with Gasteiger partial charge in [0, 0.05) is 35.3 Å². The zero-order valence-corrected chi connectivity index (χ0v) is 16.0. The van der Waals surface area contributed by atoms with Crippen LogP contribution in [-0.2, 0) is 0 Å². The van der Waals surface area contributed by atoms with E-state index in [4.69, 9.17) is 23.2 Å². The number of likely N-dealkylation sites (N-methyl/N-ethyl adjacent to an activating group) is 2. The number of nitrogens with zero attached hydrogens (tertiary/aromatic N) is 4. The summed E-state index contributed by atoms with van der Waals surface area (Å²) in [5.74, 6) is 0.240. The van der Waals surface area contributed by atoms with E-state index >= 15 is 0 Å². The first-order valence-corrected chi connectivity index (χ1v) is 8.58. The molecule has 0 saturated heterocycles. The molecule has 0 amide bonds. The Morgan fingerprint density at radius 3 is 1.58 bits per heavy atom. The predicted octanol–water partition coefficient (Wildman–Crippen LogP) is 3.64. The number of hydrogen-bond donors (Lipinski definition) is 2. The molecule has 0 radical (unpaired) electrons. The molecule has 2 rings (SSSR count). The van der Waals surface area contributed by atoms with Crippen molar-refractivity contribution in [2.45, 2.75) is 0 Å². The van der Waals surface area contributed by atoms with E-state index in [-0.39, 0.29) is 11.5 Å². The Bertz CT molecular complexity index is 744. The van der Waals surface area contributed by atoms with E-state index < -0.39 is 0 Å². The van der Waals surface area contributed by atoms with Crippen molar-refractivity contribution >= 4 is 35.6 Å². The monoisotopic (exact) mass is 394 g/mol. The van der Waals surface area contributed by atoms with Gasteiger partial charge in [-0.15, -0.1) is 0 Å². The number of phenolic OH excluding ortho intramolecular Hbond substituents is 2. The molecule has 0 aliphatic rings. The van der Waals surface area contributed by atoms with Gasteiger partial charge in [0.1, 0.15) is 11.5 Å². The van der Waals surface area contributed by atoms with E-state index in [1.54, 1.807) is 46.7 Å². The van der Waals surface area contributed by atoms with Crippen molar-refractivity contribution in [1.82, 2.24) is 10.0 Å². The predicted molar refractivity (Wildman–Crippen MR) is 107 cm³/mol. The highest BCUT2D eigenvalue weighted by Crippen LogP contribution is 2.20. The Morgan fingerprint density at radius 2 is 1.19 bits per heavy atom. The van der Waals surface area contributed by atoms with E-state index in [1.807, 2.05) is 14.1 Å². The van der Waals surface area contributed by atoms with Crippen LogP contribution >= 0.6 is 23.2 Å². The Balaban J connectivity index is 1.87. The number of rotatable bonds is 7. The maximum atomic E-state index is 9.76. The molecule has 8 heteroatoms. The number of hydrazone groups is 2. The molecule has 138 valence electrons. The van der Waals surface area contributed by atoms with Crippen LogP contribution in [0.15, 0.2) is 46.6 Å². The third kappa shape index (κ3) is 6.13. The third-order valence-electron chi connectivity index (χ3n) is 3.51. The molecule has 0 heterocycles. The SMILES string of the molecule is CN(CCN(C)/N=C\c1cc(Cl)ccc1O)/N=C\c1cc(Cl)ccc1O. The van der Waals surface area contributed by atoms with Crippen molar-refractivity contribution in [3.63, 3.8) is 0 Å². The molecule has 0 aliphatic carbocycles. The second kappa shape index (κ2) is 9.31. The Kier molecular flexibility index (Phi) is 7.12. The number of aromatic hydroxyl groups is 2. The van der Waals surface area contributed by atoms with Gasteiger partial charge in [-0.1, -0.05) is 23.2 Å². The summed E-state index contributed by atoms with van der Waals surface area (Å²) in [6.07, 6.45) is 3.10. The Hall–Kier alpha value is -2.44. The second-order valence-corrected chi connectivity index (χ2v) is 6.53. The van der Waals surface area contributed by atoms with Crippen LogP contribution in [0.1, 0.15) is 11.1 Å². The minimum atomic E-state index is 0.120. The lowest BCUT2D eigenvalue weighted by Crippen LogP contribution is -2.25. The Morgan fingerprint density at radius 1 is 0.808 bits per heavy atom. The summed E-state index contributed by atoms with van der Waals surface area (Å²) in [5, 5.41) is 32.6. The van der Waals surface area contributed by atoms with Crippen LogP contribution in [0.2, 0.25) is 10.0 Å². The van der Waals surface area contributed by atoms with Crippen molar-refractivity contribution < 1.29 is 10.2 Å². The summed E-state index contributed by atoms with van der Waals surface area (Å²) >= 11 is 11.8. The van der Waals surface area contributed by atoms with E-state index in [0.717, 1.165) is 0 Å². The van der Waals surface area contributed by atoms with Crippen LogP contribution in [0.5, 0.6) is 11.5 Å². The number of hydrogen-bond acceptors (Lipinski definition) is 6. The molecule has 0 atom stereocenters. The first kappa shape index (κ1) is 19.9. The fourth-order valence-corrected chi connectivity index (χ4v) is 2.35. The maximum absolute atomic E-state index is 9.76. The molecule has 0 aromatic heterocycles. The highest BCUT2D eigenvalue weighted by molar-refractivity contribution is 6.31. The van der Waals surface area contributed by atoms with Gasteiger partial charge in [0.15, 0.2) is 0 Å².